The molecule has 6 heteroatoms. The van der Waals surface area contributed by atoms with Gasteiger partial charge >= 0.3 is 0 Å². The van der Waals surface area contributed by atoms with Gasteiger partial charge < -0.3 is 19.4 Å². The van der Waals surface area contributed by atoms with Crippen molar-refractivity contribution in [2.75, 3.05) is 46.4 Å². The van der Waals surface area contributed by atoms with Crippen molar-refractivity contribution >= 4 is 16.8 Å². The average Bonchev–Trinajstić information content (AvgIpc) is 3.22. The van der Waals surface area contributed by atoms with Gasteiger partial charge in [0.15, 0.2) is 0 Å². The SMILES string of the molecule is COc1ccc(OCCN2CCN(C(=O)c3ccc4[nH]ccc4c3)CC2)cc1. The van der Waals surface area contributed by atoms with E-state index < -0.39 is 0 Å². The van der Waals surface area contributed by atoms with E-state index in [1.807, 2.05) is 59.6 Å². The van der Waals surface area contributed by atoms with Crippen molar-refractivity contribution in [3.05, 3.63) is 60.3 Å². The molecule has 0 radical (unpaired) electrons. The molecule has 1 N–H and O–H groups in total. The Hall–Kier alpha value is -2.99. The van der Waals surface area contributed by atoms with Gasteiger partial charge in [-0.1, -0.05) is 0 Å². The van der Waals surface area contributed by atoms with E-state index in [0.29, 0.717) is 6.61 Å². The number of aromatic nitrogens is 1. The first-order valence-corrected chi connectivity index (χ1v) is 9.58. The molecule has 0 aliphatic carbocycles. The van der Waals surface area contributed by atoms with Crippen LogP contribution in [0, 0.1) is 0 Å². The number of amides is 1. The molecule has 4 rings (SSSR count). The second-order valence-corrected chi connectivity index (χ2v) is 6.94. The van der Waals surface area contributed by atoms with Crippen molar-refractivity contribution in [2.24, 2.45) is 0 Å². The van der Waals surface area contributed by atoms with Gasteiger partial charge in [-0.05, 0) is 48.5 Å². The number of rotatable bonds is 6. The van der Waals surface area contributed by atoms with Crippen LogP contribution in [0.5, 0.6) is 11.5 Å². The Kier molecular flexibility index (Phi) is 5.48. The lowest BCUT2D eigenvalue weighted by Crippen LogP contribution is -2.49. The molecule has 1 amide bonds. The molecular weight excluding hydrogens is 354 g/mol. The van der Waals surface area contributed by atoms with E-state index in [1.54, 1.807) is 7.11 Å². The van der Waals surface area contributed by atoms with Crippen molar-refractivity contribution in [3.8, 4) is 11.5 Å². The zero-order chi connectivity index (χ0) is 19.3. The minimum Gasteiger partial charge on any atom is -0.497 e. The molecule has 1 aromatic heterocycles. The van der Waals surface area contributed by atoms with Crippen LogP contribution in [0.1, 0.15) is 10.4 Å². The minimum absolute atomic E-state index is 0.109. The summed E-state index contributed by atoms with van der Waals surface area (Å²) < 4.78 is 11.0. The topological polar surface area (TPSA) is 57.8 Å². The summed E-state index contributed by atoms with van der Waals surface area (Å²) in [6, 6.07) is 15.4. The predicted octanol–water partition coefficient (Wildman–Crippen LogP) is 3.01. The van der Waals surface area contributed by atoms with Gasteiger partial charge in [-0.15, -0.1) is 0 Å². The molecule has 28 heavy (non-hydrogen) atoms. The molecule has 3 aromatic rings. The van der Waals surface area contributed by atoms with Crippen LogP contribution in [0.3, 0.4) is 0 Å². The Morgan fingerprint density at radius 2 is 1.75 bits per heavy atom. The Labute approximate surface area is 164 Å². The molecule has 0 unspecified atom stereocenters. The third-order valence-corrected chi connectivity index (χ3v) is 5.20. The highest BCUT2D eigenvalue weighted by molar-refractivity contribution is 5.98. The maximum absolute atomic E-state index is 12.8. The highest BCUT2D eigenvalue weighted by Crippen LogP contribution is 2.18. The fraction of sp³-hybridized carbons (Fsp3) is 0.318. The van der Waals surface area contributed by atoms with Crippen LogP contribution in [0.15, 0.2) is 54.7 Å². The number of H-pyrrole nitrogens is 1. The first kappa shape index (κ1) is 18.4. The molecule has 0 saturated carbocycles. The number of carbonyl (C=O) groups excluding carboxylic acids is 1. The van der Waals surface area contributed by atoms with Crippen molar-refractivity contribution in [1.29, 1.82) is 0 Å². The predicted molar refractivity (Wildman–Crippen MR) is 109 cm³/mol. The molecule has 1 fully saturated rings. The maximum atomic E-state index is 12.8. The van der Waals surface area contributed by atoms with Crippen LogP contribution in [-0.2, 0) is 0 Å². The number of carbonyl (C=O) groups is 1. The van der Waals surface area contributed by atoms with Crippen molar-refractivity contribution < 1.29 is 14.3 Å². The standard InChI is InChI=1S/C22H25N3O3/c1-27-19-3-5-20(6-4-19)28-15-14-24-10-12-25(13-11-24)22(26)18-2-7-21-17(16-18)8-9-23-21/h2-9,16,23H,10-15H2,1H3. The quantitative estimate of drug-likeness (QED) is 0.715. The van der Waals surface area contributed by atoms with Gasteiger partial charge in [-0.2, -0.15) is 0 Å². The van der Waals surface area contributed by atoms with Crippen molar-refractivity contribution in [1.82, 2.24) is 14.8 Å². The Bertz CT molecular complexity index is 928. The first-order valence-electron chi connectivity index (χ1n) is 9.58. The van der Waals surface area contributed by atoms with Crippen LogP contribution in [0.25, 0.3) is 10.9 Å². The van der Waals surface area contributed by atoms with Gasteiger partial charge in [-0.3, -0.25) is 9.69 Å². The summed E-state index contributed by atoms with van der Waals surface area (Å²) in [6.07, 6.45) is 1.89. The van der Waals surface area contributed by atoms with E-state index in [0.717, 1.165) is 60.7 Å². The molecule has 1 aliphatic rings. The molecule has 0 bridgehead atoms. The lowest BCUT2D eigenvalue weighted by molar-refractivity contribution is 0.0620. The largest absolute Gasteiger partial charge is 0.497 e. The van der Waals surface area contributed by atoms with Gasteiger partial charge in [0, 0.05) is 55.4 Å². The molecule has 146 valence electrons. The van der Waals surface area contributed by atoms with Gasteiger partial charge in [-0.25, -0.2) is 0 Å². The first-order chi connectivity index (χ1) is 13.7. The maximum Gasteiger partial charge on any atom is 0.253 e. The van der Waals surface area contributed by atoms with E-state index >= 15 is 0 Å². The highest BCUT2D eigenvalue weighted by atomic mass is 16.5. The number of ether oxygens (including phenoxy) is 2. The van der Waals surface area contributed by atoms with Gasteiger partial charge in [0.2, 0.25) is 0 Å². The fourth-order valence-electron chi connectivity index (χ4n) is 3.51. The summed E-state index contributed by atoms with van der Waals surface area (Å²) >= 11 is 0. The number of fused-ring (bicyclic) bond motifs is 1. The van der Waals surface area contributed by atoms with Crippen LogP contribution >= 0.6 is 0 Å². The summed E-state index contributed by atoms with van der Waals surface area (Å²) in [5.74, 6) is 1.77. The zero-order valence-electron chi connectivity index (χ0n) is 16.1. The van der Waals surface area contributed by atoms with E-state index in [2.05, 4.69) is 9.88 Å². The molecule has 1 saturated heterocycles. The molecule has 6 nitrogen and oxygen atoms in total. The summed E-state index contributed by atoms with van der Waals surface area (Å²) in [4.78, 5) is 20.2. The number of nitrogens with one attached hydrogen (secondary N) is 1. The van der Waals surface area contributed by atoms with Gasteiger partial charge in [0.05, 0.1) is 7.11 Å². The smallest absolute Gasteiger partial charge is 0.253 e. The third kappa shape index (κ3) is 4.12. The number of piperazine rings is 1. The highest BCUT2D eigenvalue weighted by Gasteiger charge is 2.22. The molecule has 2 heterocycles. The number of hydrogen-bond donors (Lipinski definition) is 1. The number of benzene rings is 2. The van der Waals surface area contributed by atoms with Crippen molar-refractivity contribution in [2.45, 2.75) is 0 Å². The van der Waals surface area contributed by atoms with Crippen LogP contribution < -0.4 is 9.47 Å². The Morgan fingerprint density at radius 3 is 2.50 bits per heavy atom. The number of hydrogen-bond acceptors (Lipinski definition) is 4. The monoisotopic (exact) mass is 379 g/mol. The Morgan fingerprint density at radius 1 is 1.00 bits per heavy atom. The second-order valence-electron chi connectivity index (χ2n) is 6.94. The summed E-state index contributed by atoms with van der Waals surface area (Å²) in [5, 5.41) is 1.07. The average molecular weight is 379 g/mol. The van der Waals surface area contributed by atoms with E-state index in [1.165, 1.54) is 0 Å². The summed E-state index contributed by atoms with van der Waals surface area (Å²) in [7, 11) is 1.65. The van der Waals surface area contributed by atoms with Crippen molar-refractivity contribution in [3.63, 3.8) is 0 Å². The van der Waals surface area contributed by atoms with E-state index in [-0.39, 0.29) is 5.91 Å². The molecule has 0 spiro atoms. The number of methoxy groups -OCH3 is 1. The molecule has 1 aliphatic heterocycles. The van der Waals surface area contributed by atoms with E-state index in [4.69, 9.17) is 9.47 Å². The Balaban J connectivity index is 1.24. The summed E-state index contributed by atoms with van der Waals surface area (Å²) in [6.45, 7) is 4.70. The number of nitrogens with zero attached hydrogens (tertiary/aromatic N) is 2. The molecular formula is C22H25N3O3. The van der Waals surface area contributed by atoms with Gasteiger partial charge in [0.1, 0.15) is 18.1 Å². The molecule has 2 aromatic carbocycles. The molecule has 0 atom stereocenters. The van der Waals surface area contributed by atoms with Crippen LogP contribution in [-0.4, -0.2) is 67.1 Å². The van der Waals surface area contributed by atoms with Crippen LogP contribution in [0.2, 0.25) is 0 Å². The second kappa shape index (κ2) is 8.35. The third-order valence-electron chi connectivity index (χ3n) is 5.20. The van der Waals surface area contributed by atoms with E-state index in [9.17, 15) is 4.79 Å². The lowest BCUT2D eigenvalue weighted by atomic mass is 10.1. The fourth-order valence-corrected chi connectivity index (χ4v) is 3.51. The zero-order valence-corrected chi connectivity index (χ0v) is 16.1. The summed E-state index contributed by atoms with van der Waals surface area (Å²) in [5.41, 5.74) is 1.81. The van der Waals surface area contributed by atoms with Gasteiger partial charge in [0.25, 0.3) is 5.91 Å². The lowest BCUT2D eigenvalue weighted by Gasteiger charge is -2.34. The number of aromatic amines is 1. The normalized spacial score (nSPS) is 15.0. The minimum atomic E-state index is 0.109. The van der Waals surface area contributed by atoms with Crippen LogP contribution in [0.4, 0.5) is 0 Å².